The Hall–Kier alpha value is -1.51. The van der Waals surface area contributed by atoms with Crippen molar-refractivity contribution in [2.24, 2.45) is 0 Å². The van der Waals surface area contributed by atoms with Crippen LogP contribution in [0.2, 0.25) is 0 Å². The molecular weight excluding hydrogens is 405 g/mol. The van der Waals surface area contributed by atoms with Gasteiger partial charge in [-0.25, -0.2) is 17.1 Å². The van der Waals surface area contributed by atoms with Crippen LogP contribution in [0.5, 0.6) is 0 Å². The van der Waals surface area contributed by atoms with Crippen LogP contribution < -0.4 is 0 Å². The van der Waals surface area contributed by atoms with Gasteiger partial charge in [-0.15, -0.1) is 0 Å². The quantitative estimate of drug-likeness (QED) is 0.655. The number of rotatable bonds is 7. The summed E-state index contributed by atoms with van der Waals surface area (Å²) in [6.45, 7) is 10.1. The number of benzene rings is 1. The number of piperidine rings is 1. The van der Waals surface area contributed by atoms with Gasteiger partial charge in [-0.2, -0.15) is 0 Å². The zero-order chi connectivity index (χ0) is 22.1. The van der Waals surface area contributed by atoms with Gasteiger partial charge in [0.25, 0.3) is 0 Å². The SMILES string of the molecule is CC(C)N(CC(=O)N1CC(S(=O)(=O)N2CCC(c3ccc(F)cc3)CC2)C1)C(C)C. The zero-order valence-electron chi connectivity index (χ0n) is 18.4. The van der Waals surface area contributed by atoms with Crippen molar-refractivity contribution in [3.8, 4) is 0 Å². The van der Waals surface area contributed by atoms with Gasteiger partial charge in [0.05, 0.1) is 6.54 Å². The molecule has 2 aliphatic rings. The predicted octanol–water partition coefficient (Wildman–Crippen LogP) is 2.66. The summed E-state index contributed by atoms with van der Waals surface area (Å²) in [5.74, 6) is 0.00110. The fraction of sp³-hybridized carbons (Fsp3) is 0.682. The molecule has 1 aromatic rings. The summed E-state index contributed by atoms with van der Waals surface area (Å²) in [5.41, 5.74) is 1.06. The van der Waals surface area contributed by atoms with Crippen LogP contribution in [0.4, 0.5) is 4.39 Å². The summed E-state index contributed by atoms with van der Waals surface area (Å²) < 4.78 is 40.7. The second-order valence-electron chi connectivity index (χ2n) is 9.05. The lowest BCUT2D eigenvalue weighted by Gasteiger charge is -2.43. The third-order valence-electron chi connectivity index (χ3n) is 6.42. The van der Waals surface area contributed by atoms with Crippen molar-refractivity contribution in [3.63, 3.8) is 0 Å². The number of hydrogen-bond donors (Lipinski definition) is 0. The molecule has 0 N–H and O–H groups in total. The molecule has 0 radical (unpaired) electrons. The summed E-state index contributed by atoms with van der Waals surface area (Å²) in [7, 11) is -3.40. The Balaban J connectivity index is 1.51. The fourth-order valence-corrected chi connectivity index (χ4v) is 6.32. The minimum absolute atomic E-state index is 0.00105. The fourth-order valence-electron chi connectivity index (χ4n) is 4.44. The maximum absolute atomic E-state index is 13.1. The number of likely N-dealkylation sites (tertiary alicyclic amines) is 1. The average Bonchev–Trinajstić information content (AvgIpc) is 2.65. The van der Waals surface area contributed by atoms with Gasteiger partial charge in [0, 0.05) is 38.3 Å². The highest BCUT2D eigenvalue weighted by Crippen LogP contribution is 2.31. The van der Waals surface area contributed by atoms with Gasteiger partial charge >= 0.3 is 0 Å². The predicted molar refractivity (Wildman–Crippen MR) is 116 cm³/mol. The molecule has 6 nitrogen and oxygen atoms in total. The van der Waals surface area contributed by atoms with Crippen molar-refractivity contribution in [1.29, 1.82) is 0 Å². The second kappa shape index (κ2) is 9.32. The molecule has 8 heteroatoms. The Kier molecular flexibility index (Phi) is 7.20. The number of amides is 1. The molecule has 168 valence electrons. The minimum Gasteiger partial charge on any atom is -0.339 e. The first-order valence-corrected chi connectivity index (χ1v) is 12.4. The summed E-state index contributed by atoms with van der Waals surface area (Å²) >= 11 is 0. The molecule has 2 aliphatic heterocycles. The van der Waals surface area contributed by atoms with Crippen LogP contribution in [-0.4, -0.2) is 78.5 Å². The van der Waals surface area contributed by atoms with Crippen molar-refractivity contribution in [2.45, 2.75) is 63.8 Å². The Morgan fingerprint density at radius 3 is 2.10 bits per heavy atom. The first-order valence-electron chi connectivity index (χ1n) is 10.9. The van der Waals surface area contributed by atoms with Crippen LogP contribution in [-0.2, 0) is 14.8 Å². The van der Waals surface area contributed by atoms with Crippen LogP contribution >= 0.6 is 0 Å². The van der Waals surface area contributed by atoms with E-state index in [0.717, 1.165) is 18.4 Å². The van der Waals surface area contributed by atoms with Crippen LogP contribution in [0.3, 0.4) is 0 Å². The van der Waals surface area contributed by atoms with E-state index in [9.17, 15) is 17.6 Å². The van der Waals surface area contributed by atoms with Gasteiger partial charge in [0.15, 0.2) is 0 Å². The largest absolute Gasteiger partial charge is 0.339 e. The highest BCUT2D eigenvalue weighted by Gasteiger charge is 2.43. The smallest absolute Gasteiger partial charge is 0.236 e. The monoisotopic (exact) mass is 439 g/mol. The standard InChI is InChI=1S/C22H34FN3O3S/c1-16(2)26(17(3)4)15-22(27)24-13-21(14-24)30(28,29)25-11-9-19(10-12-25)18-5-7-20(23)8-6-18/h5-8,16-17,19,21H,9-15H2,1-4H3. The number of carbonyl (C=O) groups is 1. The topological polar surface area (TPSA) is 60.9 Å². The molecule has 0 aliphatic carbocycles. The van der Waals surface area contributed by atoms with Gasteiger partial charge in [-0.05, 0) is 64.2 Å². The summed E-state index contributed by atoms with van der Waals surface area (Å²) in [4.78, 5) is 16.3. The van der Waals surface area contributed by atoms with Gasteiger partial charge in [0.2, 0.25) is 15.9 Å². The third-order valence-corrected chi connectivity index (χ3v) is 8.65. The molecule has 0 spiro atoms. The van der Waals surface area contributed by atoms with E-state index in [4.69, 9.17) is 0 Å². The van der Waals surface area contributed by atoms with E-state index in [2.05, 4.69) is 32.6 Å². The summed E-state index contributed by atoms with van der Waals surface area (Å²) in [5, 5.41) is -0.504. The maximum atomic E-state index is 13.1. The highest BCUT2D eigenvalue weighted by atomic mass is 32.2. The van der Waals surface area contributed by atoms with Crippen LogP contribution in [0.15, 0.2) is 24.3 Å². The van der Waals surface area contributed by atoms with Crippen molar-refractivity contribution in [3.05, 3.63) is 35.6 Å². The molecule has 1 amide bonds. The van der Waals surface area contributed by atoms with Crippen LogP contribution in [0.25, 0.3) is 0 Å². The Morgan fingerprint density at radius 1 is 1.07 bits per heavy atom. The lowest BCUT2D eigenvalue weighted by atomic mass is 9.90. The summed E-state index contributed by atoms with van der Waals surface area (Å²) in [6, 6.07) is 7.01. The van der Waals surface area contributed by atoms with Crippen LogP contribution in [0.1, 0.15) is 52.0 Å². The number of nitrogens with zero attached hydrogens (tertiary/aromatic N) is 3. The van der Waals surface area contributed by atoms with E-state index in [0.29, 0.717) is 19.6 Å². The second-order valence-corrected chi connectivity index (χ2v) is 11.3. The van der Waals surface area contributed by atoms with E-state index in [1.165, 1.54) is 12.1 Å². The molecule has 0 atom stereocenters. The average molecular weight is 440 g/mol. The van der Waals surface area contributed by atoms with Crippen molar-refractivity contribution in [2.75, 3.05) is 32.7 Å². The van der Waals surface area contributed by atoms with Crippen LogP contribution in [0, 0.1) is 5.82 Å². The minimum atomic E-state index is -3.40. The van der Waals surface area contributed by atoms with E-state index >= 15 is 0 Å². The van der Waals surface area contributed by atoms with E-state index < -0.39 is 15.3 Å². The molecule has 2 heterocycles. The Bertz CT molecular complexity index is 820. The lowest BCUT2D eigenvalue weighted by Crippen LogP contribution is -2.62. The molecule has 0 bridgehead atoms. The molecule has 1 aromatic carbocycles. The number of halogens is 1. The van der Waals surface area contributed by atoms with Gasteiger partial charge in [-0.1, -0.05) is 12.1 Å². The van der Waals surface area contributed by atoms with E-state index in [1.807, 2.05) is 0 Å². The zero-order valence-corrected chi connectivity index (χ0v) is 19.2. The van der Waals surface area contributed by atoms with Gasteiger partial charge in [-0.3, -0.25) is 9.69 Å². The van der Waals surface area contributed by atoms with Crippen molar-refractivity contribution >= 4 is 15.9 Å². The number of carbonyl (C=O) groups excluding carboxylic acids is 1. The van der Waals surface area contributed by atoms with E-state index in [-0.39, 0.29) is 42.8 Å². The molecule has 30 heavy (non-hydrogen) atoms. The lowest BCUT2D eigenvalue weighted by molar-refractivity contribution is -0.136. The van der Waals surface area contributed by atoms with E-state index in [1.54, 1.807) is 21.3 Å². The molecule has 3 rings (SSSR count). The number of sulfonamides is 1. The highest BCUT2D eigenvalue weighted by molar-refractivity contribution is 7.89. The Labute approximate surface area is 180 Å². The molecule has 0 unspecified atom stereocenters. The first-order chi connectivity index (χ1) is 14.1. The Morgan fingerprint density at radius 2 is 1.60 bits per heavy atom. The molecule has 2 saturated heterocycles. The molecule has 0 saturated carbocycles. The molecule has 0 aromatic heterocycles. The summed E-state index contributed by atoms with van der Waals surface area (Å²) in [6.07, 6.45) is 1.47. The normalized spacial score (nSPS) is 19.7. The third kappa shape index (κ3) is 5.03. The van der Waals surface area contributed by atoms with Gasteiger partial charge in [0.1, 0.15) is 11.1 Å². The molecule has 2 fully saturated rings. The number of hydrogen-bond acceptors (Lipinski definition) is 4. The van der Waals surface area contributed by atoms with Gasteiger partial charge < -0.3 is 4.90 Å². The molecular formula is C22H34FN3O3S. The maximum Gasteiger partial charge on any atom is 0.236 e. The first kappa shape index (κ1) is 23.2. The van der Waals surface area contributed by atoms with Crippen molar-refractivity contribution in [1.82, 2.24) is 14.1 Å². The van der Waals surface area contributed by atoms with Crippen molar-refractivity contribution < 1.29 is 17.6 Å².